The molecule has 0 aromatic carbocycles. The molecule has 0 aliphatic rings. The lowest BCUT2D eigenvalue weighted by Gasteiger charge is -2.06. The lowest BCUT2D eigenvalue weighted by molar-refractivity contribution is 0.312. The highest BCUT2D eigenvalue weighted by molar-refractivity contribution is 5.54. The number of hydrogen-bond acceptors (Lipinski definition) is 6. The molecule has 7 nitrogen and oxygen atoms in total. The summed E-state index contributed by atoms with van der Waals surface area (Å²) < 4.78 is 7.26. The molecule has 1 N–H and O–H groups in total. The first kappa shape index (κ1) is 14.2. The third-order valence-electron chi connectivity index (χ3n) is 2.57. The minimum Gasteiger partial charge on any atom is -0.464 e. The Morgan fingerprint density at radius 2 is 2.05 bits per heavy atom. The van der Waals surface area contributed by atoms with Crippen molar-refractivity contribution in [2.24, 2.45) is 0 Å². The zero-order valence-electron chi connectivity index (χ0n) is 12.1. The van der Waals surface area contributed by atoms with Crippen LogP contribution in [-0.4, -0.2) is 37.9 Å². The number of rotatable bonds is 7. The summed E-state index contributed by atoms with van der Waals surface area (Å²) in [7, 11) is 0. The predicted octanol–water partition coefficient (Wildman–Crippen LogP) is 1.98. The van der Waals surface area contributed by atoms with E-state index < -0.39 is 0 Å². The van der Waals surface area contributed by atoms with Gasteiger partial charge in [-0.25, -0.2) is 0 Å². The van der Waals surface area contributed by atoms with Gasteiger partial charge in [0.05, 0.1) is 18.4 Å². The molecule has 0 aliphatic heterocycles. The molecule has 0 saturated carbocycles. The Balaban J connectivity index is 2.32. The topological polar surface area (TPSA) is 77.8 Å². The fourth-order valence-electron chi connectivity index (χ4n) is 1.75. The van der Waals surface area contributed by atoms with Crippen LogP contribution in [-0.2, 0) is 6.54 Å². The summed E-state index contributed by atoms with van der Waals surface area (Å²) in [6.45, 7) is 8.14. The van der Waals surface area contributed by atoms with E-state index in [1.165, 1.54) is 0 Å². The van der Waals surface area contributed by atoms with Gasteiger partial charge in [-0.3, -0.25) is 4.68 Å². The molecular weight excluding hydrogens is 256 g/mol. The summed E-state index contributed by atoms with van der Waals surface area (Å²) in [5, 5.41) is 7.37. The van der Waals surface area contributed by atoms with Crippen molar-refractivity contribution in [1.82, 2.24) is 24.7 Å². The zero-order valence-corrected chi connectivity index (χ0v) is 12.1. The van der Waals surface area contributed by atoms with E-state index in [4.69, 9.17) is 4.74 Å². The molecule has 0 saturated heterocycles. The van der Waals surface area contributed by atoms with Crippen LogP contribution in [0.4, 0.5) is 5.95 Å². The molecule has 0 fully saturated rings. The van der Waals surface area contributed by atoms with Crippen molar-refractivity contribution < 1.29 is 4.74 Å². The third kappa shape index (κ3) is 3.43. The van der Waals surface area contributed by atoms with E-state index in [1.807, 2.05) is 24.7 Å². The minimum absolute atomic E-state index is 0.330. The molecule has 0 atom stereocenters. The largest absolute Gasteiger partial charge is 0.464 e. The van der Waals surface area contributed by atoms with Crippen molar-refractivity contribution in [2.75, 3.05) is 18.5 Å². The van der Waals surface area contributed by atoms with E-state index in [9.17, 15) is 0 Å². The highest BCUT2D eigenvalue weighted by atomic mass is 16.5. The van der Waals surface area contributed by atoms with Gasteiger partial charge in [-0.1, -0.05) is 6.92 Å². The summed E-state index contributed by atoms with van der Waals surface area (Å²) in [6, 6.07) is 0.330. The SMILES string of the molecule is CCCn1cc(-c2nc(NCC)nc(OCC)n2)cn1. The van der Waals surface area contributed by atoms with Crippen LogP contribution in [0, 0.1) is 0 Å². The average molecular weight is 276 g/mol. The minimum atomic E-state index is 0.330. The molecule has 0 aliphatic carbocycles. The smallest absolute Gasteiger partial charge is 0.321 e. The van der Waals surface area contributed by atoms with Crippen molar-refractivity contribution in [3.8, 4) is 17.4 Å². The maximum atomic E-state index is 5.38. The van der Waals surface area contributed by atoms with Gasteiger partial charge in [-0.05, 0) is 20.3 Å². The van der Waals surface area contributed by atoms with Gasteiger partial charge in [-0.2, -0.15) is 20.1 Å². The summed E-state index contributed by atoms with van der Waals surface area (Å²) in [4.78, 5) is 12.9. The number of nitrogens with one attached hydrogen (secondary N) is 1. The standard InChI is InChI=1S/C13H20N6O/c1-4-7-19-9-10(8-15-19)11-16-12(14-5-2)18-13(17-11)20-6-3/h8-9H,4-7H2,1-3H3,(H,14,16,17,18). The van der Waals surface area contributed by atoms with Gasteiger partial charge in [0.15, 0.2) is 5.82 Å². The molecule has 0 amide bonds. The molecule has 2 aromatic heterocycles. The van der Waals surface area contributed by atoms with Crippen molar-refractivity contribution in [3.63, 3.8) is 0 Å². The van der Waals surface area contributed by atoms with Crippen LogP contribution in [0.25, 0.3) is 11.4 Å². The fraction of sp³-hybridized carbons (Fsp3) is 0.538. The van der Waals surface area contributed by atoms with Gasteiger partial charge in [0.2, 0.25) is 5.95 Å². The maximum absolute atomic E-state index is 5.38. The van der Waals surface area contributed by atoms with Crippen LogP contribution >= 0.6 is 0 Å². The van der Waals surface area contributed by atoms with Crippen LogP contribution in [0.1, 0.15) is 27.2 Å². The second-order valence-corrected chi connectivity index (χ2v) is 4.22. The van der Waals surface area contributed by atoms with Crippen LogP contribution < -0.4 is 10.1 Å². The van der Waals surface area contributed by atoms with E-state index in [0.717, 1.165) is 25.1 Å². The molecule has 0 bridgehead atoms. The third-order valence-corrected chi connectivity index (χ3v) is 2.57. The van der Waals surface area contributed by atoms with Gasteiger partial charge in [0.25, 0.3) is 0 Å². The number of hydrogen-bond donors (Lipinski definition) is 1. The second kappa shape index (κ2) is 6.83. The van der Waals surface area contributed by atoms with Crippen LogP contribution in [0.3, 0.4) is 0 Å². The van der Waals surface area contributed by atoms with E-state index in [1.54, 1.807) is 6.20 Å². The molecular formula is C13H20N6O. The zero-order chi connectivity index (χ0) is 14.4. The molecule has 2 aromatic rings. The Bertz CT molecular complexity index is 529. The van der Waals surface area contributed by atoms with Gasteiger partial charge in [0.1, 0.15) is 0 Å². The summed E-state index contributed by atoms with van der Waals surface area (Å²) >= 11 is 0. The molecule has 0 spiro atoms. The van der Waals surface area contributed by atoms with Gasteiger partial charge in [-0.15, -0.1) is 0 Å². The quantitative estimate of drug-likeness (QED) is 0.833. The van der Waals surface area contributed by atoms with E-state index in [2.05, 4.69) is 32.3 Å². The molecule has 0 radical (unpaired) electrons. The van der Waals surface area contributed by atoms with Gasteiger partial charge in [0, 0.05) is 19.3 Å². The average Bonchev–Trinajstić information content (AvgIpc) is 2.88. The second-order valence-electron chi connectivity index (χ2n) is 4.22. The molecule has 2 heterocycles. The van der Waals surface area contributed by atoms with Gasteiger partial charge < -0.3 is 10.1 Å². The van der Waals surface area contributed by atoms with Crippen LogP contribution in [0.15, 0.2) is 12.4 Å². The first-order valence-corrected chi connectivity index (χ1v) is 6.92. The molecule has 0 unspecified atom stereocenters. The summed E-state index contributed by atoms with van der Waals surface area (Å²) in [5.41, 5.74) is 0.862. The number of aromatic nitrogens is 5. The molecule has 108 valence electrons. The fourth-order valence-corrected chi connectivity index (χ4v) is 1.75. The maximum Gasteiger partial charge on any atom is 0.321 e. The summed E-state index contributed by atoms with van der Waals surface area (Å²) in [5.74, 6) is 1.09. The lowest BCUT2D eigenvalue weighted by Crippen LogP contribution is -2.07. The normalized spacial score (nSPS) is 10.6. The Morgan fingerprint density at radius 3 is 2.75 bits per heavy atom. The number of anilines is 1. The van der Waals surface area contributed by atoms with Crippen molar-refractivity contribution in [1.29, 1.82) is 0 Å². The van der Waals surface area contributed by atoms with E-state index >= 15 is 0 Å². The van der Waals surface area contributed by atoms with Gasteiger partial charge >= 0.3 is 6.01 Å². The van der Waals surface area contributed by atoms with Crippen molar-refractivity contribution in [2.45, 2.75) is 33.7 Å². The van der Waals surface area contributed by atoms with Crippen LogP contribution in [0.5, 0.6) is 6.01 Å². The Kier molecular flexibility index (Phi) is 4.86. The molecule has 7 heteroatoms. The monoisotopic (exact) mass is 276 g/mol. The predicted molar refractivity (Wildman–Crippen MR) is 76.7 cm³/mol. The summed E-state index contributed by atoms with van der Waals surface area (Å²) in [6.07, 6.45) is 4.73. The van der Waals surface area contributed by atoms with Crippen LogP contribution in [0.2, 0.25) is 0 Å². The first-order chi connectivity index (χ1) is 9.76. The highest BCUT2D eigenvalue weighted by Crippen LogP contribution is 2.18. The number of nitrogens with zero attached hydrogens (tertiary/aromatic N) is 5. The van der Waals surface area contributed by atoms with E-state index in [-0.39, 0.29) is 0 Å². The Labute approximate surface area is 118 Å². The van der Waals surface area contributed by atoms with Crippen molar-refractivity contribution >= 4 is 5.95 Å². The Hall–Kier alpha value is -2.18. The molecule has 20 heavy (non-hydrogen) atoms. The highest BCUT2D eigenvalue weighted by Gasteiger charge is 2.10. The van der Waals surface area contributed by atoms with Crippen molar-refractivity contribution in [3.05, 3.63) is 12.4 Å². The number of ether oxygens (including phenoxy) is 1. The van der Waals surface area contributed by atoms with E-state index in [0.29, 0.717) is 24.4 Å². The number of aryl methyl sites for hydroxylation is 1. The molecule has 2 rings (SSSR count). The lowest BCUT2D eigenvalue weighted by atomic mass is 10.3. The first-order valence-electron chi connectivity index (χ1n) is 6.92. The Morgan fingerprint density at radius 1 is 1.20 bits per heavy atom.